The topological polar surface area (TPSA) is 67.6 Å². The van der Waals surface area contributed by atoms with Gasteiger partial charge in [0.25, 0.3) is 0 Å². The van der Waals surface area contributed by atoms with Crippen LogP contribution in [0.4, 0.5) is 8.78 Å². The van der Waals surface area contributed by atoms with Gasteiger partial charge in [-0.1, -0.05) is 0 Å². The summed E-state index contributed by atoms with van der Waals surface area (Å²) < 4.78 is 25.8. The quantitative estimate of drug-likeness (QED) is 0.850. The Bertz CT molecular complexity index is 510. The molecule has 0 bridgehead atoms. The zero-order valence-electron chi connectivity index (χ0n) is 9.08. The molecule has 1 aromatic carbocycles. The van der Waals surface area contributed by atoms with Gasteiger partial charge in [0.1, 0.15) is 5.82 Å². The minimum atomic E-state index is -0.907. The molecule has 0 aliphatic carbocycles. The molecule has 1 aromatic heterocycles. The van der Waals surface area contributed by atoms with Crippen LogP contribution in [-0.4, -0.2) is 21.7 Å². The molecule has 17 heavy (non-hydrogen) atoms. The highest BCUT2D eigenvalue weighted by Gasteiger charge is 2.09. The lowest BCUT2D eigenvalue weighted by atomic mass is 10.2. The molecule has 0 fully saturated rings. The summed E-state index contributed by atoms with van der Waals surface area (Å²) in [5, 5.41) is 6.68. The summed E-state index contributed by atoms with van der Waals surface area (Å²) in [5.41, 5.74) is 5.82. The summed E-state index contributed by atoms with van der Waals surface area (Å²) in [6, 6.07) is 3.57. The molecule has 4 nitrogen and oxygen atoms in total. The van der Waals surface area contributed by atoms with E-state index < -0.39 is 11.6 Å². The van der Waals surface area contributed by atoms with Crippen LogP contribution in [0.25, 0.3) is 11.4 Å². The van der Waals surface area contributed by atoms with E-state index in [9.17, 15) is 8.78 Å². The van der Waals surface area contributed by atoms with Crippen LogP contribution in [-0.2, 0) is 6.42 Å². The van der Waals surface area contributed by atoms with E-state index in [1.54, 1.807) is 0 Å². The van der Waals surface area contributed by atoms with Gasteiger partial charge in [-0.15, -0.1) is 0 Å². The summed E-state index contributed by atoms with van der Waals surface area (Å²) in [6.45, 7) is 0.571. The molecule has 1 heterocycles. The van der Waals surface area contributed by atoms with Crippen LogP contribution >= 0.6 is 0 Å². The van der Waals surface area contributed by atoms with Gasteiger partial charge >= 0.3 is 0 Å². The number of H-pyrrole nitrogens is 1. The van der Waals surface area contributed by atoms with E-state index in [1.807, 2.05) is 0 Å². The van der Waals surface area contributed by atoms with Crippen molar-refractivity contribution in [3.8, 4) is 11.4 Å². The third-order valence-corrected chi connectivity index (χ3v) is 2.33. The maximum absolute atomic E-state index is 13.0. The SMILES string of the molecule is NCCCc1nc(-c2ccc(F)c(F)c2)n[nH]1. The number of aromatic amines is 1. The molecule has 0 saturated carbocycles. The lowest BCUT2D eigenvalue weighted by molar-refractivity contribution is 0.509. The van der Waals surface area contributed by atoms with E-state index >= 15 is 0 Å². The highest BCUT2D eigenvalue weighted by molar-refractivity contribution is 5.54. The maximum atomic E-state index is 13.0. The number of hydrogen-bond acceptors (Lipinski definition) is 3. The van der Waals surface area contributed by atoms with Crippen LogP contribution < -0.4 is 5.73 Å². The fourth-order valence-electron chi connectivity index (χ4n) is 1.44. The monoisotopic (exact) mass is 238 g/mol. The predicted molar refractivity (Wildman–Crippen MR) is 59.1 cm³/mol. The fraction of sp³-hybridized carbons (Fsp3) is 0.273. The molecule has 0 unspecified atom stereocenters. The first-order valence-electron chi connectivity index (χ1n) is 5.27. The molecule has 0 aliphatic heterocycles. The number of aryl methyl sites for hydroxylation is 1. The Balaban J connectivity index is 2.21. The van der Waals surface area contributed by atoms with Crippen LogP contribution in [0.5, 0.6) is 0 Å². The molecule has 0 radical (unpaired) electrons. The van der Waals surface area contributed by atoms with Gasteiger partial charge in [-0.3, -0.25) is 5.10 Å². The molecule has 3 N–H and O–H groups in total. The fourth-order valence-corrected chi connectivity index (χ4v) is 1.44. The van der Waals surface area contributed by atoms with Crippen LogP contribution in [0.2, 0.25) is 0 Å². The van der Waals surface area contributed by atoms with E-state index in [0.29, 0.717) is 30.2 Å². The van der Waals surface area contributed by atoms with Crippen molar-refractivity contribution in [2.75, 3.05) is 6.54 Å². The largest absolute Gasteiger partial charge is 0.330 e. The number of nitrogens with one attached hydrogen (secondary N) is 1. The Morgan fingerprint density at radius 3 is 2.76 bits per heavy atom. The van der Waals surface area contributed by atoms with Gasteiger partial charge in [0.05, 0.1) is 0 Å². The van der Waals surface area contributed by atoms with Crippen LogP contribution in [0.1, 0.15) is 12.2 Å². The van der Waals surface area contributed by atoms with Crippen molar-refractivity contribution in [2.24, 2.45) is 5.73 Å². The van der Waals surface area contributed by atoms with E-state index in [0.717, 1.165) is 18.6 Å². The van der Waals surface area contributed by atoms with E-state index in [4.69, 9.17) is 5.73 Å². The molecular weight excluding hydrogens is 226 g/mol. The number of nitrogens with zero attached hydrogens (tertiary/aromatic N) is 2. The van der Waals surface area contributed by atoms with Gasteiger partial charge < -0.3 is 5.73 Å². The van der Waals surface area contributed by atoms with E-state index in [1.165, 1.54) is 6.07 Å². The van der Waals surface area contributed by atoms with Crippen molar-refractivity contribution in [3.05, 3.63) is 35.7 Å². The number of nitrogens with two attached hydrogens (primary N) is 1. The first kappa shape index (κ1) is 11.7. The third kappa shape index (κ3) is 2.65. The van der Waals surface area contributed by atoms with E-state index in [-0.39, 0.29) is 0 Å². The van der Waals surface area contributed by atoms with Crippen molar-refractivity contribution in [1.82, 2.24) is 15.2 Å². The Hall–Kier alpha value is -1.82. The molecule has 0 aliphatic rings. The molecule has 0 amide bonds. The first-order valence-corrected chi connectivity index (χ1v) is 5.27. The van der Waals surface area contributed by atoms with Gasteiger partial charge in [-0.05, 0) is 31.2 Å². The van der Waals surface area contributed by atoms with E-state index in [2.05, 4.69) is 15.2 Å². The molecular formula is C11H12F2N4. The molecule has 90 valence electrons. The van der Waals surface area contributed by atoms with Crippen molar-refractivity contribution in [3.63, 3.8) is 0 Å². The summed E-state index contributed by atoms with van der Waals surface area (Å²) in [6.07, 6.45) is 1.49. The molecule has 6 heteroatoms. The van der Waals surface area contributed by atoms with Crippen LogP contribution in [0.15, 0.2) is 18.2 Å². The standard InChI is InChI=1S/C11H12F2N4/c12-8-4-3-7(6-9(8)13)11-15-10(16-17-11)2-1-5-14/h3-4,6H,1-2,5,14H2,(H,15,16,17). The van der Waals surface area contributed by atoms with Crippen LogP contribution in [0, 0.1) is 11.6 Å². The number of rotatable bonds is 4. The van der Waals surface area contributed by atoms with Crippen molar-refractivity contribution < 1.29 is 8.78 Å². The van der Waals surface area contributed by atoms with Gasteiger partial charge in [-0.2, -0.15) is 5.10 Å². The maximum Gasteiger partial charge on any atom is 0.181 e. The summed E-state index contributed by atoms with van der Waals surface area (Å²) >= 11 is 0. The smallest absolute Gasteiger partial charge is 0.181 e. The highest BCUT2D eigenvalue weighted by atomic mass is 19.2. The van der Waals surface area contributed by atoms with Crippen molar-refractivity contribution in [1.29, 1.82) is 0 Å². The third-order valence-electron chi connectivity index (χ3n) is 2.33. The summed E-state index contributed by atoms with van der Waals surface area (Å²) in [7, 11) is 0. The zero-order chi connectivity index (χ0) is 12.3. The lowest BCUT2D eigenvalue weighted by Crippen LogP contribution is -2.01. The average Bonchev–Trinajstić information content (AvgIpc) is 2.79. The zero-order valence-corrected chi connectivity index (χ0v) is 9.08. The predicted octanol–water partition coefficient (Wildman–Crippen LogP) is 1.64. The molecule has 0 atom stereocenters. The minimum Gasteiger partial charge on any atom is -0.330 e. The van der Waals surface area contributed by atoms with Crippen molar-refractivity contribution >= 4 is 0 Å². The Labute approximate surface area is 96.9 Å². The second kappa shape index (κ2) is 5.01. The Kier molecular flexibility index (Phi) is 3.43. The second-order valence-corrected chi connectivity index (χ2v) is 3.63. The number of aromatic nitrogens is 3. The Morgan fingerprint density at radius 2 is 2.06 bits per heavy atom. The van der Waals surface area contributed by atoms with Gasteiger partial charge in [-0.25, -0.2) is 13.8 Å². The Morgan fingerprint density at radius 1 is 1.24 bits per heavy atom. The second-order valence-electron chi connectivity index (χ2n) is 3.63. The number of benzene rings is 1. The molecule has 0 saturated heterocycles. The summed E-state index contributed by atoms with van der Waals surface area (Å²) in [4.78, 5) is 4.18. The molecule has 2 aromatic rings. The van der Waals surface area contributed by atoms with Crippen molar-refractivity contribution in [2.45, 2.75) is 12.8 Å². The van der Waals surface area contributed by atoms with Gasteiger partial charge in [0.2, 0.25) is 0 Å². The highest BCUT2D eigenvalue weighted by Crippen LogP contribution is 2.17. The average molecular weight is 238 g/mol. The molecule has 0 spiro atoms. The van der Waals surface area contributed by atoms with Gasteiger partial charge in [0.15, 0.2) is 17.5 Å². The normalized spacial score (nSPS) is 10.8. The molecule has 2 rings (SSSR count). The first-order chi connectivity index (χ1) is 8.20. The summed E-state index contributed by atoms with van der Waals surface area (Å²) in [5.74, 6) is -0.741. The minimum absolute atomic E-state index is 0.357. The van der Waals surface area contributed by atoms with Crippen LogP contribution in [0.3, 0.4) is 0 Å². The lowest BCUT2D eigenvalue weighted by Gasteiger charge is -1.96. The number of hydrogen-bond donors (Lipinski definition) is 2. The van der Waals surface area contributed by atoms with Gasteiger partial charge in [0, 0.05) is 12.0 Å². The number of halogens is 2.